The van der Waals surface area contributed by atoms with E-state index in [1.165, 1.54) is 30.5 Å². The van der Waals surface area contributed by atoms with Gasteiger partial charge < -0.3 is 4.90 Å². The second-order valence-electron chi connectivity index (χ2n) is 6.50. The summed E-state index contributed by atoms with van der Waals surface area (Å²) in [5.74, 6) is 0.234. The smallest absolute Gasteiger partial charge is 0.215 e. The molecule has 0 bridgehead atoms. The molecule has 1 aliphatic heterocycles. The number of benzene rings is 1. The number of nitriles is 1. The van der Waals surface area contributed by atoms with Crippen molar-refractivity contribution >= 4 is 15.8 Å². The molecule has 9 heteroatoms. The summed E-state index contributed by atoms with van der Waals surface area (Å²) in [6, 6.07) is 7.50. The first-order valence-electron chi connectivity index (χ1n) is 8.64. The zero-order chi connectivity index (χ0) is 19.3. The summed E-state index contributed by atoms with van der Waals surface area (Å²) in [4.78, 5) is 10.3. The normalized spacial score (nSPS) is 15.5. The van der Waals surface area contributed by atoms with Gasteiger partial charge in [-0.15, -0.1) is 0 Å². The van der Waals surface area contributed by atoms with Gasteiger partial charge in [0.05, 0.1) is 5.75 Å². The van der Waals surface area contributed by atoms with Crippen molar-refractivity contribution in [3.8, 4) is 6.07 Å². The average molecular weight is 389 g/mol. The quantitative estimate of drug-likeness (QED) is 0.809. The van der Waals surface area contributed by atoms with Gasteiger partial charge in [0, 0.05) is 32.0 Å². The molecule has 1 saturated heterocycles. The molecule has 7 nitrogen and oxygen atoms in total. The second kappa shape index (κ2) is 8.41. The largest absolute Gasteiger partial charge is 0.354 e. The Balaban J connectivity index is 1.50. The number of anilines is 1. The van der Waals surface area contributed by atoms with Crippen LogP contribution in [0.4, 0.5) is 10.2 Å². The molecule has 0 radical (unpaired) electrons. The number of halogens is 1. The molecule has 0 amide bonds. The summed E-state index contributed by atoms with van der Waals surface area (Å²) in [5.41, 5.74) is 0.848. The van der Waals surface area contributed by atoms with E-state index >= 15 is 0 Å². The fourth-order valence-electron chi connectivity index (χ4n) is 3.09. The molecule has 3 rings (SSSR count). The van der Waals surface area contributed by atoms with Crippen LogP contribution in [0.1, 0.15) is 24.1 Å². The minimum absolute atomic E-state index is 0.169. The topological polar surface area (TPSA) is 99.0 Å². The van der Waals surface area contributed by atoms with E-state index in [9.17, 15) is 12.8 Å². The van der Waals surface area contributed by atoms with E-state index in [0.29, 0.717) is 36.7 Å². The van der Waals surface area contributed by atoms with Crippen molar-refractivity contribution in [3.63, 3.8) is 0 Å². The van der Waals surface area contributed by atoms with Crippen LogP contribution in [0.2, 0.25) is 0 Å². The van der Waals surface area contributed by atoms with Crippen molar-refractivity contribution in [2.75, 3.05) is 24.5 Å². The molecule has 0 atom stereocenters. The molecule has 27 heavy (non-hydrogen) atoms. The van der Waals surface area contributed by atoms with Crippen LogP contribution < -0.4 is 9.62 Å². The van der Waals surface area contributed by atoms with Gasteiger partial charge in [-0.05, 0) is 36.5 Å². The molecule has 1 aliphatic rings. The lowest BCUT2D eigenvalue weighted by atomic mass is 9.97. The molecule has 0 saturated carbocycles. The third-order valence-electron chi connectivity index (χ3n) is 4.56. The second-order valence-corrected chi connectivity index (χ2v) is 8.31. The van der Waals surface area contributed by atoms with Gasteiger partial charge in [0.15, 0.2) is 11.5 Å². The van der Waals surface area contributed by atoms with Gasteiger partial charge >= 0.3 is 0 Å². The lowest BCUT2D eigenvalue weighted by Gasteiger charge is -2.32. The maximum Gasteiger partial charge on any atom is 0.215 e. The fourth-order valence-corrected chi connectivity index (χ4v) is 4.31. The lowest BCUT2D eigenvalue weighted by molar-refractivity contribution is 0.400. The molecule has 2 heterocycles. The molecule has 0 unspecified atom stereocenters. The Hall–Kier alpha value is -2.57. The summed E-state index contributed by atoms with van der Waals surface area (Å²) in [5, 5.41) is 9.13. The number of aromatic nitrogens is 2. The summed E-state index contributed by atoms with van der Waals surface area (Å²) in [6.45, 7) is 1.75. The van der Waals surface area contributed by atoms with Crippen molar-refractivity contribution < 1.29 is 12.8 Å². The highest BCUT2D eigenvalue weighted by Crippen LogP contribution is 2.23. The number of nitrogens with zero attached hydrogens (tertiary/aromatic N) is 4. The predicted octanol–water partition coefficient (Wildman–Crippen LogP) is 1.82. The van der Waals surface area contributed by atoms with E-state index in [0.717, 1.165) is 12.8 Å². The number of sulfonamides is 1. The van der Waals surface area contributed by atoms with Crippen LogP contribution >= 0.6 is 0 Å². The summed E-state index contributed by atoms with van der Waals surface area (Å²) in [6.07, 6.45) is 4.64. The van der Waals surface area contributed by atoms with Crippen LogP contribution in [0.5, 0.6) is 0 Å². The van der Waals surface area contributed by atoms with E-state index in [-0.39, 0.29) is 11.7 Å². The Kier molecular flexibility index (Phi) is 5.98. The number of hydrogen-bond donors (Lipinski definition) is 1. The third kappa shape index (κ3) is 5.21. The van der Waals surface area contributed by atoms with Gasteiger partial charge in [0.2, 0.25) is 10.0 Å². The number of rotatable bonds is 6. The first-order valence-corrected chi connectivity index (χ1v) is 10.3. The monoisotopic (exact) mass is 389 g/mol. The van der Waals surface area contributed by atoms with Gasteiger partial charge in [-0.25, -0.2) is 27.5 Å². The minimum atomic E-state index is -3.47. The van der Waals surface area contributed by atoms with E-state index < -0.39 is 15.8 Å². The molecule has 0 spiro atoms. The van der Waals surface area contributed by atoms with Crippen LogP contribution in [0.3, 0.4) is 0 Å². The SMILES string of the molecule is N#Cc1nccnc1N1CCC(CNS(=O)(=O)Cc2ccc(F)cc2)CC1. The molecular formula is C18H20FN5O2S. The van der Waals surface area contributed by atoms with Crippen LogP contribution in [-0.4, -0.2) is 38.0 Å². The van der Waals surface area contributed by atoms with Crippen LogP contribution in [0.25, 0.3) is 0 Å². The van der Waals surface area contributed by atoms with Crippen molar-refractivity contribution in [1.82, 2.24) is 14.7 Å². The Labute approximate surface area is 157 Å². The van der Waals surface area contributed by atoms with E-state index in [4.69, 9.17) is 5.26 Å². The first-order chi connectivity index (χ1) is 13.0. The highest BCUT2D eigenvalue weighted by molar-refractivity contribution is 7.88. The van der Waals surface area contributed by atoms with Gasteiger partial charge in [-0.3, -0.25) is 0 Å². The standard InChI is InChI=1S/C18H20FN5O2S/c19-16-3-1-15(2-4-16)13-27(25,26)23-12-14-5-9-24(10-6-14)18-17(11-20)21-7-8-22-18/h1-4,7-8,14,23H,5-6,9-10,12-13H2. The minimum Gasteiger partial charge on any atom is -0.354 e. The highest BCUT2D eigenvalue weighted by atomic mass is 32.2. The summed E-state index contributed by atoms with van der Waals surface area (Å²) < 4.78 is 40.0. The van der Waals surface area contributed by atoms with E-state index in [1.807, 2.05) is 11.0 Å². The van der Waals surface area contributed by atoms with Gasteiger partial charge in [0.1, 0.15) is 11.9 Å². The molecule has 1 fully saturated rings. The van der Waals surface area contributed by atoms with Crippen molar-refractivity contribution in [3.05, 3.63) is 53.7 Å². The number of hydrogen-bond acceptors (Lipinski definition) is 6. The highest BCUT2D eigenvalue weighted by Gasteiger charge is 2.23. The van der Waals surface area contributed by atoms with Gasteiger partial charge in [-0.2, -0.15) is 5.26 Å². The molecular weight excluding hydrogens is 369 g/mol. The fraction of sp³-hybridized carbons (Fsp3) is 0.389. The number of nitrogens with one attached hydrogen (secondary N) is 1. The summed E-state index contributed by atoms with van der Waals surface area (Å²) in [7, 11) is -3.47. The van der Waals surface area contributed by atoms with Crippen molar-refractivity contribution in [2.24, 2.45) is 5.92 Å². The van der Waals surface area contributed by atoms with Gasteiger partial charge in [0.25, 0.3) is 0 Å². The first kappa shape index (κ1) is 19.2. The predicted molar refractivity (Wildman–Crippen MR) is 98.7 cm³/mol. The molecule has 2 aromatic rings. The molecule has 142 valence electrons. The number of piperidine rings is 1. The molecule has 1 aromatic heterocycles. The van der Waals surface area contributed by atoms with Crippen LogP contribution in [0, 0.1) is 23.1 Å². The maximum atomic E-state index is 12.9. The van der Waals surface area contributed by atoms with Crippen molar-refractivity contribution in [2.45, 2.75) is 18.6 Å². The zero-order valence-corrected chi connectivity index (χ0v) is 15.5. The summed E-state index contributed by atoms with van der Waals surface area (Å²) >= 11 is 0. The van der Waals surface area contributed by atoms with Gasteiger partial charge in [-0.1, -0.05) is 12.1 Å². The Morgan fingerprint density at radius 2 is 1.85 bits per heavy atom. The Bertz CT molecular complexity index is 920. The van der Waals surface area contributed by atoms with E-state index in [2.05, 4.69) is 14.7 Å². The maximum absolute atomic E-state index is 12.9. The molecule has 1 N–H and O–H groups in total. The zero-order valence-electron chi connectivity index (χ0n) is 14.7. The Morgan fingerprint density at radius 1 is 1.19 bits per heavy atom. The van der Waals surface area contributed by atoms with Crippen molar-refractivity contribution in [1.29, 1.82) is 5.26 Å². The molecule has 1 aromatic carbocycles. The van der Waals surface area contributed by atoms with E-state index in [1.54, 1.807) is 6.20 Å². The molecule has 0 aliphatic carbocycles. The van der Waals surface area contributed by atoms with Crippen LogP contribution in [-0.2, 0) is 15.8 Å². The Morgan fingerprint density at radius 3 is 2.52 bits per heavy atom. The lowest BCUT2D eigenvalue weighted by Crippen LogP contribution is -2.39. The van der Waals surface area contributed by atoms with Crippen LogP contribution in [0.15, 0.2) is 36.7 Å². The average Bonchev–Trinajstić information content (AvgIpc) is 2.68. The third-order valence-corrected chi connectivity index (χ3v) is 5.88.